The molecule has 0 spiro atoms. The van der Waals surface area contributed by atoms with Gasteiger partial charge in [0, 0.05) is 6.04 Å². The van der Waals surface area contributed by atoms with Crippen molar-refractivity contribution in [2.75, 3.05) is 6.54 Å². The molecular formula is C12H23N3O2. The fourth-order valence-electron chi connectivity index (χ4n) is 2.22. The summed E-state index contributed by atoms with van der Waals surface area (Å²) in [6, 6.07) is -0.125. The molecule has 5 heteroatoms. The smallest absolute Gasteiger partial charge is 0.234 e. The SMILES string of the molecule is CC(C)C(NCC(=O)NC1CCCC1)C(N)=O. The summed E-state index contributed by atoms with van der Waals surface area (Å²) in [5, 5.41) is 5.86. The van der Waals surface area contributed by atoms with Crippen molar-refractivity contribution < 1.29 is 9.59 Å². The van der Waals surface area contributed by atoms with Crippen molar-refractivity contribution in [1.82, 2.24) is 10.6 Å². The lowest BCUT2D eigenvalue weighted by molar-refractivity contribution is -0.122. The van der Waals surface area contributed by atoms with Crippen molar-refractivity contribution >= 4 is 11.8 Å². The zero-order chi connectivity index (χ0) is 12.8. The highest BCUT2D eigenvalue weighted by atomic mass is 16.2. The molecule has 0 aliphatic heterocycles. The van der Waals surface area contributed by atoms with Crippen molar-refractivity contribution in [3.8, 4) is 0 Å². The molecule has 1 atom stereocenters. The van der Waals surface area contributed by atoms with Gasteiger partial charge >= 0.3 is 0 Å². The van der Waals surface area contributed by atoms with E-state index in [0.29, 0.717) is 6.04 Å². The number of nitrogens with two attached hydrogens (primary N) is 1. The molecule has 0 aromatic heterocycles. The average molecular weight is 241 g/mol. The van der Waals surface area contributed by atoms with Gasteiger partial charge in [-0.05, 0) is 18.8 Å². The zero-order valence-corrected chi connectivity index (χ0v) is 10.7. The average Bonchev–Trinajstić information content (AvgIpc) is 2.69. The molecule has 4 N–H and O–H groups in total. The minimum absolute atomic E-state index is 0.0520. The fourth-order valence-corrected chi connectivity index (χ4v) is 2.22. The maximum atomic E-state index is 11.6. The highest BCUT2D eigenvalue weighted by Crippen LogP contribution is 2.17. The molecule has 1 rings (SSSR count). The van der Waals surface area contributed by atoms with Crippen molar-refractivity contribution in [1.29, 1.82) is 0 Å². The molecule has 98 valence electrons. The molecule has 0 aromatic carbocycles. The minimum atomic E-state index is -0.440. The quantitative estimate of drug-likeness (QED) is 0.618. The van der Waals surface area contributed by atoms with Crippen LogP contribution in [0, 0.1) is 5.92 Å². The molecule has 0 bridgehead atoms. The van der Waals surface area contributed by atoms with Crippen LogP contribution in [0.5, 0.6) is 0 Å². The Bertz CT molecular complexity index is 273. The number of carbonyl (C=O) groups excluding carboxylic acids is 2. The first-order chi connectivity index (χ1) is 8.00. The van der Waals surface area contributed by atoms with E-state index < -0.39 is 11.9 Å². The lowest BCUT2D eigenvalue weighted by Crippen LogP contribution is -2.49. The summed E-state index contributed by atoms with van der Waals surface area (Å²) in [4.78, 5) is 22.7. The lowest BCUT2D eigenvalue weighted by atomic mass is 10.0. The van der Waals surface area contributed by atoms with Crippen molar-refractivity contribution in [2.45, 2.75) is 51.6 Å². The molecule has 1 fully saturated rings. The number of rotatable bonds is 6. The molecule has 0 saturated heterocycles. The highest BCUT2D eigenvalue weighted by molar-refractivity contribution is 5.82. The van der Waals surface area contributed by atoms with Crippen molar-refractivity contribution in [3.05, 3.63) is 0 Å². The van der Waals surface area contributed by atoms with Crippen LogP contribution in [-0.4, -0.2) is 30.4 Å². The fraction of sp³-hybridized carbons (Fsp3) is 0.833. The van der Waals surface area contributed by atoms with E-state index in [1.165, 1.54) is 12.8 Å². The summed E-state index contributed by atoms with van der Waals surface area (Å²) in [5.41, 5.74) is 5.25. The second kappa shape index (κ2) is 6.59. The maximum Gasteiger partial charge on any atom is 0.234 e. The van der Waals surface area contributed by atoms with E-state index in [-0.39, 0.29) is 18.4 Å². The Hall–Kier alpha value is -1.10. The summed E-state index contributed by atoms with van der Waals surface area (Å²) in [7, 11) is 0. The molecule has 1 aliphatic rings. The van der Waals surface area contributed by atoms with Gasteiger partial charge in [-0.1, -0.05) is 26.7 Å². The molecule has 0 heterocycles. The van der Waals surface area contributed by atoms with E-state index in [4.69, 9.17) is 5.73 Å². The molecule has 17 heavy (non-hydrogen) atoms. The number of carbonyl (C=O) groups is 2. The van der Waals surface area contributed by atoms with E-state index in [0.717, 1.165) is 12.8 Å². The monoisotopic (exact) mass is 241 g/mol. The number of primary amides is 1. The summed E-state index contributed by atoms with van der Waals surface area (Å²) in [5.74, 6) is -0.371. The highest BCUT2D eigenvalue weighted by Gasteiger charge is 2.21. The van der Waals surface area contributed by atoms with E-state index in [1.54, 1.807) is 0 Å². The Kier molecular flexibility index (Phi) is 5.41. The molecule has 2 amide bonds. The van der Waals surface area contributed by atoms with Crippen LogP contribution in [0.15, 0.2) is 0 Å². The summed E-state index contributed by atoms with van der Waals surface area (Å²) < 4.78 is 0. The summed E-state index contributed by atoms with van der Waals surface area (Å²) in [6.07, 6.45) is 4.51. The van der Waals surface area contributed by atoms with Crippen LogP contribution in [0.3, 0.4) is 0 Å². The zero-order valence-electron chi connectivity index (χ0n) is 10.7. The second-order valence-electron chi connectivity index (χ2n) is 5.05. The van der Waals surface area contributed by atoms with Gasteiger partial charge in [0.05, 0.1) is 12.6 Å². The van der Waals surface area contributed by atoms with Gasteiger partial charge in [-0.2, -0.15) is 0 Å². The minimum Gasteiger partial charge on any atom is -0.368 e. The van der Waals surface area contributed by atoms with Gasteiger partial charge < -0.3 is 11.1 Å². The van der Waals surface area contributed by atoms with E-state index in [1.807, 2.05) is 13.8 Å². The predicted molar refractivity (Wildman–Crippen MR) is 66.2 cm³/mol. The molecule has 1 saturated carbocycles. The van der Waals surface area contributed by atoms with Crippen LogP contribution in [0.4, 0.5) is 0 Å². The van der Waals surface area contributed by atoms with Crippen LogP contribution in [0.25, 0.3) is 0 Å². The Morgan fingerprint density at radius 1 is 1.29 bits per heavy atom. The first-order valence-corrected chi connectivity index (χ1v) is 6.32. The standard InChI is InChI=1S/C12H23N3O2/c1-8(2)11(12(13)17)14-7-10(16)15-9-5-3-4-6-9/h8-9,11,14H,3-7H2,1-2H3,(H2,13,17)(H,15,16). The van der Waals surface area contributed by atoms with Crippen LogP contribution in [0.1, 0.15) is 39.5 Å². The van der Waals surface area contributed by atoms with Gasteiger partial charge in [0.15, 0.2) is 0 Å². The number of nitrogens with one attached hydrogen (secondary N) is 2. The Morgan fingerprint density at radius 2 is 1.88 bits per heavy atom. The summed E-state index contributed by atoms with van der Waals surface area (Å²) in [6.45, 7) is 3.96. The normalized spacial score (nSPS) is 18.3. The third-order valence-electron chi connectivity index (χ3n) is 3.18. The maximum absolute atomic E-state index is 11.6. The Morgan fingerprint density at radius 3 is 2.35 bits per heavy atom. The van der Waals surface area contributed by atoms with Gasteiger partial charge in [-0.25, -0.2) is 0 Å². The molecule has 1 aliphatic carbocycles. The predicted octanol–water partition coefficient (Wildman–Crippen LogP) is 0.145. The van der Waals surface area contributed by atoms with E-state index in [2.05, 4.69) is 10.6 Å². The van der Waals surface area contributed by atoms with Gasteiger partial charge in [-0.15, -0.1) is 0 Å². The molecule has 5 nitrogen and oxygen atoms in total. The van der Waals surface area contributed by atoms with E-state index >= 15 is 0 Å². The van der Waals surface area contributed by atoms with Crippen LogP contribution >= 0.6 is 0 Å². The molecule has 0 radical (unpaired) electrons. The van der Waals surface area contributed by atoms with E-state index in [9.17, 15) is 9.59 Å². The van der Waals surface area contributed by atoms with Gasteiger partial charge in [0.2, 0.25) is 11.8 Å². The molecule has 0 aromatic rings. The first-order valence-electron chi connectivity index (χ1n) is 6.32. The third kappa shape index (κ3) is 4.73. The third-order valence-corrected chi connectivity index (χ3v) is 3.18. The van der Waals surface area contributed by atoms with Crippen molar-refractivity contribution in [3.63, 3.8) is 0 Å². The molecule has 1 unspecified atom stereocenters. The second-order valence-corrected chi connectivity index (χ2v) is 5.05. The number of hydrogen-bond donors (Lipinski definition) is 3. The van der Waals surface area contributed by atoms with Crippen LogP contribution < -0.4 is 16.4 Å². The molecular weight excluding hydrogens is 218 g/mol. The Labute approximate surface area is 103 Å². The van der Waals surface area contributed by atoms with Gasteiger partial charge in [-0.3, -0.25) is 14.9 Å². The number of hydrogen-bond acceptors (Lipinski definition) is 3. The number of amides is 2. The first kappa shape index (κ1) is 14.0. The van der Waals surface area contributed by atoms with Crippen LogP contribution in [0.2, 0.25) is 0 Å². The van der Waals surface area contributed by atoms with Crippen LogP contribution in [-0.2, 0) is 9.59 Å². The summed E-state index contributed by atoms with van der Waals surface area (Å²) >= 11 is 0. The van der Waals surface area contributed by atoms with Crippen molar-refractivity contribution in [2.24, 2.45) is 11.7 Å². The topological polar surface area (TPSA) is 84.2 Å². The Balaban J connectivity index is 2.28. The van der Waals surface area contributed by atoms with Gasteiger partial charge in [0.25, 0.3) is 0 Å². The van der Waals surface area contributed by atoms with Gasteiger partial charge in [0.1, 0.15) is 0 Å². The largest absolute Gasteiger partial charge is 0.368 e. The lowest BCUT2D eigenvalue weighted by Gasteiger charge is -2.19.